The molecule has 0 amide bonds. The van der Waals surface area contributed by atoms with Gasteiger partial charge in [-0.15, -0.1) is 0 Å². The third-order valence-electron chi connectivity index (χ3n) is 1.22. The highest BCUT2D eigenvalue weighted by atomic mass is 16.5. The van der Waals surface area contributed by atoms with E-state index in [1.54, 1.807) is 0 Å². The van der Waals surface area contributed by atoms with Crippen LogP contribution in [0, 0.1) is 0 Å². The minimum atomic E-state index is -0.506. The Balaban J connectivity index is 0. The van der Waals surface area contributed by atoms with Gasteiger partial charge in [-0.1, -0.05) is 13.8 Å². The molecule has 4 heteroatoms. The highest BCUT2D eigenvalue weighted by Gasteiger charge is 2.11. The minimum Gasteiger partial charge on any atom is -0.468 e. The second-order valence-corrected chi connectivity index (χ2v) is 2.06. The molecular formula is C8H20N2O2. The van der Waals surface area contributed by atoms with Crippen LogP contribution in [0.2, 0.25) is 0 Å². The van der Waals surface area contributed by atoms with Crippen molar-refractivity contribution in [2.75, 3.05) is 13.7 Å². The number of methoxy groups -OCH3 is 1. The summed E-state index contributed by atoms with van der Waals surface area (Å²) in [6.45, 7) is 4.56. The lowest BCUT2D eigenvalue weighted by Crippen LogP contribution is -2.31. The van der Waals surface area contributed by atoms with Crippen molar-refractivity contribution in [1.82, 2.24) is 0 Å². The monoisotopic (exact) mass is 176 g/mol. The summed E-state index contributed by atoms with van der Waals surface area (Å²) in [5.41, 5.74) is 10.6. The first-order chi connectivity index (χ1) is 5.72. The molecule has 0 fully saturated rings. The second kappa shape index (κ2) is 10.4. The SMILES string of the molecule is CC.COC(=O)C(N)CCCN. The van der Waals surface area contributed by atoms with E-state index in [-0.39, 0.29) is 5.97 Å². The molecule has 0 aliphatic carbocycles. The van der Waals surface area contributed by atoms with Gasteiger partial charge in [-0.3, -0.25) is 4.79 Å². The van der Waals surface area contributed by atoms with E-state index < -0.39 is 6.04 Å². The maximum atomic E-state index is 10.6. The number of nitrogens with two attached hydrogens (primary N) is 2. The Hall–Kier alpha value is -0.610. The number of hydrogen-bond donors (Lipinski definition) is 2. The van der Waals surface area contributed by atoms with Crippen molar-refractivity contribution in [2.45, 2.75) is 32.7 Å². The molecule has 0 spiro atoms. The smallest absolute Gasteiger partial charge is 0.322 e. The van der Waals surface area contributed by atoms with Crippen molar-refractivity contribution in [1.29, 1.82) is 0 Å². The lowest BCUT2D eigenvalue weighted by molar-refractivity contribution is -0.142. The van der Waals surface area contributed by atoms with E-state index in [0.717, 1.165) is 6.42 Å². The fourth-order valence-corrected chi connectivity index (χ4v) is 0.607. The van der Waals surface area contributed by atoms with E-state index in [2.05, 4.69) is 4.74 Å². The lowest BCUT2D eigenvalue weighted by Gasteiger charge is -2.06. The summed E-state index contributed by atoms with van der Waals surface area (Å²) in [5, 5.41) is 0. The van der Waals surface area contributed by atoms with Crippen LogP contribution in [0.25, 0.3) is 0 Å². The summed E-state index contributed by atoms with van der Waals surface area (Å²) in [6.07, 6.45) is 1.36. The molecule has 0 rings (SSSR count). The zero-order chi connectivity index (χ0) is 9.98. The van der Waals surface area contributed by atoms with E-state index in [1.807, 2.05) is 13.8 Å². The standard InChI is InChI=1S/C6H14N2O2.C2H6/c1-10-6(9)5(8)3-2-4-7;1-2/h5H,2-4,7-8H2,1H3;1-2H3. The van der Waals surface area contributed by atoms with Crippen LogP contribution < -0.4 is 11.5 Å². The van der Waals surface area contributed by atoms with Crippen LogP contribution in [0.3, 0.4) is 0 Å². The van der Waals surface area contributed by atoms with Gasteiger partial charge in [0.05, 0.1) is 7.11 Å². The van der Waals surface area contributed by atoms with Gasteiger partial charge in [0.2, 0.25) is 0 Å². The number of carbonyl (C=O) groups excluding carboxylic acids is 1. The van der Waals surface area contributed by atoms with E-state index in [4.69, 9.17) is 11.5 Å². The van der Waals surface area contributed by atoms with Crippen LogP contribution in [0.5, 0.6) is 0 Å². The summed E-state index contributed by atoms with van der Waals surface area (Å²) < 4.78 is 4.40. The highest BCUT2D eigenvalue weighted by molar-refractivity contribution is 5.75. The third kappa shape index (κ3) is 7.50. The molecule has 0 aliphatic rings. The molecule has 74 valence electrons. The normalized spacial score (nSPS) is 11.1. The molecule has 0 saturated heterocycles. The van der Waals surface area contributed by atoms with Gasteiger partial charge in [0, 0.05) is 0 Å². The van der Waals surface area contributed by atoms with Crippen molar-refractivity contribution in [3.63, 3.8) is 0 Å². The highest BCUT2D eigenvalue weighted by Crippen LogP contribution is 1.93. The van der Waals surface area contributed by atoms with E-state index in [0.29, 0.717) is 13.0 Å². The zero-order valence-electron chi connectivity index (χ0n) is 8.17. The summed E-state index contributed by atoms with van der Waals surface area (Å²) in [4.78, 5) is 10.6. The maximum Gasteiger partial charge on any atom is 0.322 e. The van der Waals surface area contributed by atoms with Crippen LogP contribution in [0.15, 0.2) is 0 Å². The average molecular weight is 176 g/mol. The summed E-state index contributed by atoms with van der Waals surface area (Å²) in [5.74, 6) is -0.367. The largest absolute Gasteiger partial charge is 0.468 e. The fourth-order valence-electron chi connectivity index (χ4n) is 0.607. The molecule has 0 aromatic carbocycles. The van der Waals surface area contributed by atoms with Gasteiger partial charge in [-0.25, -0.2) is 0 Å². The second-order valence-electron chi connectivity index (χ2n) is 2.06. The van der Waals surface area contributed by atoms with Crippen LogP contribution in [-0.4, -0.2) is 25.7 Å². The number of esters is 1. The Morgan fingerprint density at radius 2 is 2.00 bits per heavy atom. The predicted octanol–water partition coefficient (Wildman–Crippen LogP) is 0.252. The fraction of sp³-hybridized carbons (Fsp3) is 0.875. The van der Waals surface area contributed by atoms with Crippen molar-refractivity contribution in [3.8, 4) is 0 Å². The molecule has 0 aromatic rings. The van der Waals surface area contributed by atoms with Crippen molar-refractivity contribution >= 4 is 5.97 Å². The Bertz CT molecular complexity index is 107. The topological polar surface area (TPSA) is 78.3 Å². The van der Waals surface area contributed by atoms with Crippen LogP contribution >= 0.6 is 0 Å². The molecule has 0 saturated carbocycles. The van der Waals surface area contributed by atoms with Crippen molar-refractivity contribution in [3.05, 3.63) is 0 Å². The van der Waals surface area contributed by atoms with Gasteiger partial charge in [0.25, 0.3) is 0 Å². The van der Waals surface area contributed by atoms with Crippen molar-refractivity contribution < 1.29 is 9.53 Å². The zero-order valence-corrected chi connectivity index (χ0v) is 8.17. The van der Waals surface area contributed by atoms with Crippen LogP contribution in [0.1, 0.15) is 26.7 Å². The first-order valence-electron chi connectivity index (χ1n) is 4.26. The molecule has 0 radical (unpaired) electrons. The number of carbonyl (C=O) groups is 1. The quantitative estimate of drug-likeness (QED) is 0.602. The predicted molar refractivity (Wildman–Crippen MR) is 49.6 cm³/mol. The number of hydrogen-bond acceptors (Lipinski definition) is 4. The molecule has 0 aromatic heterocycles. The number of rotatable bonds is 4. The van der Waals surface area contributed by atoms with Crippen LogP contribution in [-0.2, 0) is 9.53 Å². The Morgan fingerprint density at radius 1 is 1.50 bits per heavy atom. The van der Waals surface area contributed by atoms with Crippen LogP contribution in [0.4, 0.5) is 0 Å². The summed E-state index contributed by atoms with van der Waals surface area (Å²) in [6, 6.07) is -0.506. The average Bonchev–Trinajstić information content (AvgIpc) is 2.16. The Kier molecular flexibility index (Phi) is 12.1. The Morgan fingerprint density at radius 3 is 2.33 bits per heavy atom. The molecular weight excluding hydrogens is 156 g/mol. The third-order valence-corrected chi connectivity index (χ3v) is 1.22. The maximum absolute atomic E-state index is 10.6. The minimum absolute atomic E-state index is 0.367. The van der Waals surface area contributed by atoms with Gasteiger partial charge < -0.3 is 16.2 Å². The van der Waals surface area contributed by atoms with E-state index >= 15 is 0 Å². The molecule has 4 nitrogen and oxygen atoms in total. The first kappa shape index (κ1) is 13.9. The lowest BCUT2D eigenvalue weighted by atomic mass is 10.2. The van der Waals surface area contributed by atoms with Gasteiger partial charge in [0.15, 0.2) is 0 Å². The molecule has 1 atom stereocenters. The first-order valence-corrected chi connectivity index (χ1v) is 4.26. The molecule has 0 bridgehead atoms. The van der Waals surface area contributed by atoms with Gasteiger partial charge >= 0.3 is 5.97 Å². The van der Waals surface area contributed by atoms with Gasteiger partial charge in [0.1, 0.15) is 6.04 Å². The van der Waals surface area contributed by atoms with E-state index in [9.17, 15) is 4.79 Å². The van der Waals surface area contributed by atoms with E-state index in [1.165, 1.54) is 7.11 Å². The molecule has 4 N–H and O–H groups in total. The van der Waals surface area contributed by atoms with Crippen molar-refractivity contribution in [2.24, 2.45) is 11.5 Å². The molecule has 0 aliphatic heterocycles. The molecule has 12 heavy (non-hydrogen) atoms. The summed E-state index contributed by atoms with van der Waals surface area (Å²) in [7, 11) is 1.32. The Labute approximate surface area is 74.3 Å². The molecule has 1 unspecified atom stereocenters. The van der Waals surface area contributed by atoms with Gasteiger partial charge in [-0.2, -0.15) is 0 Å². The summed E-state index contributed by atoms with van der Waals surface area (Å²) >= 11 is 0. The van der Waals surface area contributed by atoms with Gasteiger partial charge in [-0.05, 0) is 19.4 Å². The number of ether oxygens (including phenoxy) is 1. The molecule has 0 heterocycles.